The van der Waals surface area contributed by atoms with Crippen LogP contribution >= 0.6 is 11.6 Å². The van der Waals surface area contributed by atoms with Crippen molar-refractivity contribution in [2.45, 2.75) is 19.8 Å². The fourth-order valence-corrected chi connectivity index (χ4v) is 1.61. The second-order valence-corrected chi connectivity index (χ2v) is 3.65. The Hall–Kier alpha value is -1.22. The normalized spacial score (nSPS) is 10.1. The number of benzene rings is 1. The van der Waals surface area contributed by atoms with E-state index >= 15 is 0 Å². The monoisotopic (exact) mass is 228 g/mol. The van der Waals surface area contributed by atoms with Gasteiger partial charge in [-0.1, -0.05) is 11.6 Å². The number of methoxy groups -OCH3 is 1. The maximum atomic E-state index is 10.5. The number of carboxylic acids is 1. The van der Waals surface area contributed by atoms with E-state index in [-0.39, 0.29) is 6.42 Å². The van der Waals surface area contributed by atoms with E-state index < -0.39 is 5.97 Å². The Morgan fingerprint density at radius 1 is 1.53 bits per heavy atom. The summed E-state index contributed by atoms with van der Waals surface area (Å²) in [4.78, 5) is 10.5. The number of hydrogen-bond acceptors (Lipinski definition) is 2. The van der Waals surface area contributed by atoms with E-state index in [0.29, 0.717) is 17.2 Å². The Morgan fingerprint density at radius 2 is 2.20 bits per heavy atom. The molecule has 0 amide bonds. The molecule has 0 saturated heterocycles. The Balaban J connectivity index is 3.01. The fraction of sp³-hybridized carbons (Fsp3) is 0.364. The standard InChI is InChI=1S/C11H13ClO3/c1-7-8(3-6-11(13)14)10(15-2)5-4-9(7)12/h4-5H,3,6H2,1-2H3,(H,13,14). The van der Waals surface area contributed by atoms with Gasteiger partial charge in [0.1, 0.15) is 5.75 Å². The summed E-state index contributed by atoms with van der Waals surface area (Å²) in [6.45, 7) is 1.86. The number of ether oxygens (including phenoxy) is 1. The minimum Gasteiger partial charge on any atom is -0.496 e. The molecule has 1 aromatic carbocycles. The minimum absolute atomic E-state index is 0.0809. The van der Waals surface area contributed by atoms with Crippen LogP contribution in [0.5, 0.6) is 5.75 Å². The molecule has 0 unspecified atom stereocenters. The maximum Gasteiger partial charge on any atom is 0.303 e. The summed E-state index contributed by atoms with van der Waals surface area (Å²) in [6.07, 6.45) is 0.516. The Labute approximate surface area is 93.6 Å². The van der Waals surface area contributed by atoms with Crippen molar-refractivity contribution < 1.29 is 14.6 Å². The molecule has 0 saturated carbocycles. The van der Waals surface area contributed by atoms with Gasteiger partial charge in [-0.3, -0.25) is 4.79 Å². The minimum atomic E-state index is -0.823. The topological polar surface area (TPSA) is 46.5 Å². The first-order valence-corrected chi connectivity index (χ1v) is 4.97. The van der Waals surface area contributed by atoms with Gasteiger partial charge in [-0.05, 0) is 36.6 Å². The largest absolute Gasteiger partial charge is 0.496 e. The van der Waals surface area contributed by atoms with Crippen molar-refractivity contribution in [3.63, 3.8) is 0 Å². The van der Waals surface area contributed by atoms with Crippen LogP contribution < -0.4 is 4.74 Å². The van der Waals surface area contributed by atoms with Crippen LogP contribution in [0.1, 0.15) is 17.5 Å². The Morgan fingerprint density at radius 3 is 2.73 bits per heavy atom. The second kappa shape index (κ2) is 5.03. The second-order valence-electron chi connectivity index (χ2n) is 3.25. The average Bonchev–Trinajstić information content (AvgIpc) is 2.20. The first-order valence-electron chi connectivity index (χ1n) is 4.60. The van der Waals surface area contributed by atoms with Crippen LogP contribution in [-0.2, 0) is 11.2 Å². The lowest BCUT2D eigenvalue weighted by Gasteiger charge is -2.11. The molecule has 82 valence electrons. The zero-order valence-corrected chi connectivity index (χ0v) is 9.47. The number of carbonyl (C=O) groups is 1. The lowest BCUT2D eigenvalue weighted by molar-refractivity contribution is -0.136. The average molecular weight is 229 g/mol. The van der Waals surface area contributed by atoms with Gasteiger partial charge in [0, 0.05) is 11.4 Å². The van der Waals surface area contributed by atoms with Crippen LogP contribution in [0.25, 0.3) is 0 Å². The van der Waals surface area contributed by atoms with Crippen molar-refractivity contribution in [3.8, 4) is 5.75 Å². The van der Waals surface area contributed by atoms with E-state index in [9.17, 15) is 4.79 Å². The Bertz CT molecular complexity index is 374. The molecule has 15 heavy (non-hydrogen) atoms. The first-order chi connectivity index (χ1) is 7.06. The van der Waals surface area contributed by atoms with Gasteiger partial charge in [-0.2, -0.15) is 0 Å². The number of rotatable bonds is 4. The van der Waals surface area contributed by atoms with Gasteiger partial charge in [-0.25, -0.2) is 0 Å². The number of halogens is 1. The molecular formula is C11H13ClO3. The molecule has 1 aromatic rings. The van der Waals surface area contributed by atoms with Crippen LogP contribution in [0.3, 0.4) is 0 Å². The molecule has 0 bridgehead atoms. The van der Waals surface area contributed by atoms with Gasteiger partial charge in [0.05, 0.1) is 7.11 Å². The summed E-state index contributed by atoms with van der Waals surface area (Å²) in [7, 11) is 1.56. The molecule has 1 rings (SSSR count). The predicted octanol–water partition coefficient (Wildman–Crippen LogP) is 2.67. The third kappa shape index (κ3) is 2.86. The Kier molecular flexibility index (Phi) is 3.97. The molecule has 0 aliphatic heterocycles. The summed E-state index contributed by atoms with van der Waals surface area (Å²) in [5, 5.41) is 9.26. The van der Waals surface area contributed by atoms with Gasteiger partial charge >= 0.3 is 5.97 Å². The van der Waals surface area contributed by atoms with Crippen molar-refractivity contribution in [3.05, 3.63) is 28.3 Å². The van der Waals surface area contributed by atoms with Crippen LogP contribution in [0, 0.1) is 6.92 Å². The van der Waals surface area contributed by atoms with Crippen molar-refractivity contribution >= 4 is 17.6 Å². The number of hydrogen-bond donors (Lipinski definition) is 1. The highest BCUT2D eigenvalue weighted by molar-refractivity contribution is 6.31. The molecule has 0 aliphatic carbocycles. The molecule has 1 N–H and O–H groups in total. The summed E-state index contributed by atoms with van der Waals surface area (Å²) in [6, 6.07) is 3.51. The summed E-state index contributed by atoms with van der Waals surface area (Å²) in [5.74, 6) is -0.130. The first kappa shape index (κ1) is 11.9. The summed E-state index contributed by atoms with van der Waals surface area (Å²) in [5.41, 5.74) is 1.75. The van der Waals surface area contributed by atoms with Gasteiger partial charge < -0.3 is 9.84 Å². The van der Waals surface area contributed by atoms with Crippen molar-refractivity contribution in [1.29, 1.82) is 0 Å². The lowest BCUT2D eigenvalue weighted by Crippen LogP contribution is -2.01. The highest BCUT2D eigenvalue weighted by Crippen LogP contribution is 2.28. The molecular weight excluding hydrogens is 216 g/mol. The van der Waals surface area contributed by atoms with E-state index in [0.717, 1.165) is 11.1 Å². The van der Waals surface area contributed by atoms with E-state index in [1.54, 1.807) is 19.2 Å². The van der Waals surface area contributed by atoms with Crippen LogP contribution in [0.2, 0.25) is 5.02 Å². The van der Waals surface area contributed by atoms with Gasteiger partial charge in [0.25, 0.3) is 0 Å². The van der Waals surface area contributed by atoms with Crippen molar-refractivity contribution in [1.82, 2.24) is 0 Å². The van der Waals surface area contributed by atoms with E-state index in [1.165, 1.54) is 0 Å². The molecule has 3 nitrogen and oxygen atoms in total. The van der Waals surface area contributed by atoms with Crippen molar-refractivity contribution in [2.75, 3.05) is 7.11 Å². The van der Waals surface area contributed by atoms with Gasteiger partial charge in [-0.15, -0.1) is 0 Å². The lowest BCUT2D eigenvalue weighted by atomic mass is 10.0. The van der Waals surface area contributed by atoms with Crippen LogP contribution in [-0.4, -0.2) is 18.2 Å². The molecule has 0 heterocycles. The number of aliphatic carboxylic acids is 1. The highest BCUT2D eigenvalue weighted by Gasteiger charge is 2.10. The smallest absolute Gasteiger partial charge is 0.303 e. The van der Waals surface area contributed by atoms with Crippen LogP contribution in [0.4, 0.5) is 0 Å². The summed E-state index contributed by atoms with van der Waals surface area (Å²) < 4.78 is 5.16. The highest BCUT2D eigenvalue weighted by atomic mass is 35.5. The van der Waals surface area contributed by atoms with E-state index in [2.05, 4.69) is 0 Å². The SMILES string of the molecule is COc1ccc(Cl)c(C)c1CCC(=O)O. The quantitative estimate of drug-likeness (QED) is 0.862. The predicted molar refractivity (Wildman–Crippen MR) is 58.7 cm³/mol. The fourth-order valence-electron chi connectivity index (χ4n) is 1.44. The molecule has 0 aliphatic rings. The maximum absolute atomic E-state index is 10.5. The van der Waals surface area contributed by atoms with E-state index in [1.807, 2.05) is 6.92 Å². The number of carboxylic acid groups (broad SMARTS) is 1. The van der Waals surface area contributed by atoms with E-state index in [4.69, 9.17) is 21.4 Å². The molecule has 0 aromatic heterocycles. The third-order valence-corrected chi connectivity index (χ3v) is 2.71. The third-order valence-electron chi connectivity index (χ3n) is 2.30. The zero-order valence-electron chi connectivity index (χ0n) is 8.71. The van der Waals surface area contributed by atoms with Crippen molar-refractivity contribution in [2.24, 2.45) is 0 Å². The molecule has 0 spiro atoms. The molecule has 4 heteroatoms. The zero-order chi connectivity index (χ0) is 11.4. The molecule has 0 fully saturated rings. The molecule has 0 atom stereocenters. The summed E-state index contributed by atoms with van der Waals surface area (Å²) >= 11 is 5.96. The van der Waals surface area contributed by atoms with Gasteiger partial charge in [0.15, 0.2) is 0 Å². The van der Waals surface area contributed by atoms with Crippen LogP contribution in [0.15, 0.2) is 12.1 Å². The molecule has 0 radical (unpaired) electrons. The van der Waals surface area contributed by atoms with Gasteiger partial charge in [0.2, 0.25) is 0 Å².